The molecule has 0 aliphatic carbocycles. The maximum atomic E-state index is 15.9. The van der Waals surface area contributed by atoms with E-state index in [-0.39, 0.29) is 5.91 Å². The molecule has 1 amide bonds. The van der Waals surface area contributed by atoms with E-state index in [1.807, 2.05) is 23.6 Å². The van der Waals surface area contributed by atoms with Gasteiger partial charge in [0.1, 0.15) is 11.5 Å². The molecule has 8 nitrogen and oxygen atoms in total. The molecule has 1 aromatic carbocycles. The summed E-state index contributed by atoms with van der Waals surface area (Å²) in [5.41, 5.74) is 4.55. The lowest BCUT2D eigenvalue weighted by molar-refractivity contribution is -0.115. The van der Waals surface area contributed by atoms with Gasteiger partial charge in [0.2, 0.25) is 5.91 Å². The number of benzene rings is 1. The van der Waals surface area contributed by atoms with Gasteiger partial charge < -0.3 is 10.3 Å². The van der Waals surface area contributed by atoms with Crippen molar-refractivity contribution in [3.05, 3.63) is 66.2 Å². The van der Waals surface area contributed by atoms with Gasteiger partial charge in [-0.1, -0.05) is 13.0 Å². The van der Waals surface area contributed by atoms with Crippen LogP contribution in [0.4, 0.5) is 10.1 Å². The Bertz CT molecular complexity index is 1700. The number of pyridine rings is 2. The number of hydrogen-bond donors (Lipinski definition) is 3. The lowest BCUT2D eigenvalue weighted by Crippen LogP contribution is -2.09. The summed E-state index contributed by atoms with van der Waals surface area (Å²) in [4.78, 5) is 29.3. The highest BCUT2D eigenvalue weighted by Crippen LogP contribution is 2.36. The molecule has 3 N–H and O–H groups in total. The third kappa shape index (κ3) is 3.64. The van der Waals surface area contributed by atoms with Gasteiger partial charge in [-0.05, 0) is 35.7 Å². The maximum Gasteiger partial charge on any atom is 0.224 e. The molecule has 6 aromatic rings. The minimum Gasteiger partial charge on any atom is -0.335 e. The smallest absolute Gasteiger partial charge is 0.224 e. The molecule has 0 radical (unpaired) electrons. The van der Waals surface area contributed by atoms with E-state index in [0.29, 0.717) is 51.3 Å². The number of nitrogens with zero attached hydrogens (tertiary/aromatic N) is 4. The molecule has 35 heavy (non-hydrogen) atoms. The fraction of sp³-hybridized carbons (Fsp3) is 0.0800. The minimum absolute atomic E-state index is 0.141. The van der Waals surface area contributed by atoms with Crippen LogP contribution < -0.4 is 5.32 Å². The SMILES string of the molecule is CCC(=O)Nc1cncc(-c2ccc3[nH]nc(-c4nc5nccc(-c6cccs6)c5[nH]4)c3c2F)c1. The summed E-state index contributed by atoms with van der Waals surface area (Å²) in [5.74, 6) is -0.183. The Balaban J connectivity index is 1.48. The Morgan fingerprint density at radius 1 is 1.17 bits per heavy atom. The van der Waals surface area contributed by atoms with Crippen LogP contribution in [-0.2, 0) is 4.79 Å². The Hall–Kier alpha value is -4.44. The number of anilines is 1. The molecule has 0 atom stereocenters. The second kappa shape index (κ2) is 8.41. The summed E-state index contributed by atoms with van der Waals surface area (Å²) < 4.78 is 15.9. The van der Waals surface area contributed by atoms with Crippen molar-refractivity contribution in [3.8, 4) is 33.1 Å². The monoisotopic (exact) mass is 483 g/mol. The van der Waals surface area contributed by atoms with Crippen LogP contribution in [0, 0.1) is 5.82 Å². The van der Waals surface area contributed by atoms with Crippen molar-refractivity contribution in [1.29, 1.82) is 0 Å². The number of aromatic amines is 2. The Morgan fingerprint density at radius 2 is 2.09 bits per heavy atom. The molecule has 0 spiro atoms. The summed E-state index contributed by atoms with van der Waals surface area (Å²) in [6.45, 7) is 1.76. The predicted molar refractivity (Wildman–Crippen MR) is 134 cm³/mol. The average Bonchev–Trinajstić information content (AvgIpc) is 3.63. The van der Waals surface area contributed by atoms with Crippen LogP contribution in [-0.4, -0.2) is 36.0 Å². The first-order valence-corrected chi connectivity index (χ1v) is 11.8. The molecule has 6 rings (SSSR count). The van der Waals surface area contributed by atoms with E-state index in [1.165, 1.54) is 6.20 Å². The number of hydrogen-bond acceptors (Lipinski definition) is 6. The van der Waals surface area contributed by atoms with Gasteiger partial charge in [0, 0.05) is 40.4 Å². The number of fused-ring (bicyclic) bond motifs is 2. The molecule has 0 aliphatic rings. The fourth-order valence-corrected chi connectivity index (χ4v) is 4.79. The number of nitrogens with one attached hydrogen (secondary N) is 3. The van der Waals surface area contributed by atoms with Gasteiger partial charge >= 0.3 is 0 Å². The molecule has 10 heteroatoms. The standard InChI is InChI=1S/C25H18FN7OS/c1-2-19(34)29-14-10-13(11-27-12-14)15-5-6-17-20(21(15)26)23(33-32-17)25-30-22-16(18-4-3-9-35-18)7-8-28-24(22)31-25/h3-12H,2H2,1H3,(H,29,34)(H,32,33)(H,28,30,31). The summed E-state index contributed by atoms with van der Waals surface area (Å²) >= 11 is 1.62. The highest BCUT2D eigenvalue weighted by Gasteiger charge is 2.21. The summed E-state index contributed by atoms with van der Waals surface area (Å²) in [7, 11) is 0. The molecule has 0 aliphatic heterocycles. The quantitative estimate of drug-likeness (QED) is 0.288. The molecule has 0 bridgehead atoms. The number of carbonyl (C=O) groups excluding carboxylic acids is 1. The number of thiophene rings is 1. The van der Waals surface area contributed by atoms with Crippen molar-refractivity contribution in [2.24, 2.45) is 0 Å². The molecule has 5 aromatic heterocycles. The van der Waals surface area contributed by atoms with Gasteiger partial charge in [-0.2, -0.15) is 5.10 Å². The first kappa shape index (κ1) is 21.1. The van der Waals surface area contributed by atoms with Gasteiger partial charge in [-0.25, -0.2) is 14.4 Å². The van der Waals surface area contributed by atoms with E-state index in [9.17, 15) is 4.79 Å². The van der Waals surface area contributed by atoms with E-state index >= 15 is 4.39 Å². The van der Waals surface area contributed by atoms with Crippen molar-refractivity contribution in [1.82, 2.24) is 30.1 Å². The second-order valence-electron chi connectivity index (χ2n) is 7.91. The maximum absolute atomic E-state index is 15.9. The van der Waals surface area contributed by atoms with Crippen LogP contribution in [0.1, 0.15) is 13.3 Å². The Morgan fingerprint density at radius 3 is 2.91 bits per heavy atom. The molecular formula is C25H18FN7OS. The molecule has 0 saturated heterocycles. The number of halogens is 1. The summed E-state index contributed by atoms with van der Waals surface area (Å²) in [6.07, 6.45) is 5.14. The third-order valence-corrected chi connectivity index (χ3v) is 6.63. The second-order valence-corrected chi connectivity index (χ2v) is 8.85. The van der Waals surface area contributed by atoms with Gasteiger partial charge in [0.05, 0.1) is 28.3 Å². The number of carbonyl (C=O) groups is 1. The first-order chi connectivity index (χ1) is 17.1. The molecule has 0 unspecified atom stereocenters. The first-order valence-electron chi connectivity index (χ1n) is 10.9. The number of rotatable bonds is 5. The lowest BCUT2D eigenvalue weighted by Gasteiger charge is -2.08. The predicted octanol–water partition coefficient (Wildman–Crippen LogP) is 5.78. The molecule has 172 valence electrons. The number of amides is 1. The van der Waals surface area contributed by atoms with Crippen molar-refractivity contribution < 1.29 is 9.18 Å². The number of imidazole rings is 1. The zero-order chi connectivity index (χ0) is 23.9. The largest absolute Gasteiger partial charge is 0.335 e. The Kier molecular flexibility index (Phi) is 5.07. The zero-order valence-corrected chi connectivity index (χ0v) is 19.3. The van der Waals surface area contributed by atoms with Gasteiger partial charge in [-0.3, -0.25) is 14.9 Å². The van der Waals surface area contributed by atoms with E-state index in [0.717, 1.165) is 16.0 Å². The van der Waals surface area contributed by atoms with Crippen LogP contribution in [0.5, 0.6) is 0 Å². The number of H-pyrrole nitrogens is 2. The van der Waals surface area contributed by atoms with Crippen LogP contribution in [0.25, 0.3) is 55.2 Å². The average molecular weight is 484 g/mol. The van der Waals surface area contributed by atoms with Crippen LogP contribution in [0.3, 0.4) is 0 Å². The third-order valence-electron chi connectivity index (χ3n) is 5.72. The van der Waals surface area contributed by atoms with Crippen LogP contribution in [0.2, 0.25) is 0 Å². The van der Waals surface area contributed by atoms with Crippen molar-refractivity contribution in [2.75, 3.05) is 5.32 Å². The lowest BCUT2D eigenvalue weighted by atomic mass is 10.0. The number of aromatic nitrogens is 6. The van der Waals surface area contributed by atoms with E-state index in [4.69, 9.17) is 0 Å². The van der Waals surface area contributed by atoms with E-state index in [1.54, 1.807) is 48.9 Å². The molecule has 0 fully saturated rings. The molecule has 0 saturated carbocycles. The van der Waals surface area contributed by atoms with Crippen molar-refractivity contribution in [2.45, 2.75) is 13.3 Å². The van der Waals surface area contributed by atoms with E-state index < -0.39 is 5.82 Å². The van der Waals surface area contributed by atoms with Crippen molar-refractivity contribution in [3.63, 3.8) is 0 Å². The Labute approximate surface area is 202 Å². The summed E-state index contributed by atoms with van der Waals surface area (Å²) in [6, 6.07) is 11.1. The van der Waals surface area contributed by atoms with Gasteiger partial charge in [0.15, 0.2) is 11.5 Å². The topological polar surface area (TPSA) is 112 Å². The van der Waals surface area contributed by atoms with Gasteiger partial charge in [-0.15, -0.1) is 11.3 Å². The van der Waals surface area contributed by atoms with Crippen molar-refractivity contribution >= 4 is 45.0 Å². The van der Waals surface area contributed by atoms with E-state index in [2.05, 4.69) is 35.5 Å². The summed E-state index contributed by atoms with van der Waals surface area (Å²) in [5, 5.41) is 12.3. The van der Waals surface area contributed by atoms with Crippen LogP contribution >= 0.6 is 11.3 Å². The normalized spacial score (nSPS) is 11.4. The highest BCUT2D eigenvalue weighted by atomic mass is 32.1. The highest BCUT2D eigenvalue weighted by molar-refractivity contribution is 7.13. The van der Waals surface area contributed by atoms with Crippen LogP contribution in [0.15, 0.2) is 60.4 Å². The molecule has 5 heterocycles. The minimum atomic E-state index is -0.459. The van der Waals surface area contributed by atoms with Gasteiger partial charge in [0.25, 0.3) is 0 Å². The fourth-order valence-electron chi connectivity index (χ4n) is 4.03. The molecular weight excluding hydrogens is 465 g/mol. The zero-order valence-electron chi connectivity index (χ0n) is 18.5.